The Hall–Kier alpha value is -0.980. The molecule has 0 spiro atoms. The molecule has 0 aliphatic carbocycles. The minimum Gasteiger partial charge on any atom is -0.458 e. The Morgan fingerprint density at radius 1 is 1.32 bits per heavy atom. The maximum atomic E-state index is 12.2. The fourth-order valence-electron chi connectivity index (χ4n) is 1.68. The van der Waals surface area contributed by atoms with Gasteiger partial charge in [0.25, 0.3) is 0 Å². The quantitative estimate of drug-likeness (QED) is 0.456. The number of hydrogen-bond acceptors (Lipinski definition) is 3. The Labute approximate surface area is 112 Å². The van der Waals surface area contributed by atoms with Gasteiger partial charge in [-0.2, -0.15) is 13.2 Å². The zero-order chi connectivity index (χ0) is 14.6. The van der Waals surface area contributed by atoms with Crippen molar-refractivity contribution in [2.24, 2.45) is 0 Å². The lowest BCUT2D eigenvalue weighted by Crippen LogP contribution is -2.35. The molecule has 0 saturated carbocycles. The van der Waals surface area contributed by atoms with Crippen LogP contribution in [0.1, 0.15) is 26.2 Å². The largest absolute Gasteiger partial charge is 0.458 e. The van der Waals surface area contributed by atoms with Crippen molar-refractivity contribution in [2.75, 3.05) is 11.5 Å². The molecule has 0 aromatic heterocycles. The van der Waals surface area contributed by atoms with Gasteiger partial charge in [-0.05, 0) is 0 Å². The second-order valence-electron chi connectivity index (χ2n) is 4.21. The van der Waals surface area contributed by atoms with E-state index in [-0.39, 0.29) is 16.0 Å². The Morgan fingerprint density at radius 3 is 2.26 bits per heavy atom. The molecule has 1 saturated heterocycles. The van der Waals surface area contributed by atoms with Gasteiger partial charge in [-0.1, -0.05) is 13.5 Å². The van der Waals surface area contributed by atoms with Gasteiger partial charge in [0.15, 0.2) is 0 Å². The molecule has 1 aliphatic rings. The summed E-state index contributed by atoms with van der Waals surface area (Å²) in [6.45, 7) is 4.48. The first-order valence-corrected chi connectivity index (χ1v) is 7.49. The van der Waals surface area contributed by atoms with Crippen LogP contribution in [0.4, 0.5) is 13.2 Å². The SMILES string of the molecule is C=C(C(=O)OC1CC[S+](C(=O)CC)CC1)C(F)(F)F. The second-order valence-corrected chi connectivity index (χ2v) is 6.47. The highest BCUT2D eigenvalue weighted by molar-refractivity contribution is 8.10. The predicted molar refractivity (Wildman–Crippen MR) is 66.7 cm³/mol. The van der Waals surface area contributed by atoms with Gasteiger partial charge < -0.3 is 4.74 Å². The molecule has 7 heteroatoms. The number of esters is 1. The van der Waals surface area contributed by atoms with E-state index in [1.165, 1.54) is 0 Å². The van der Waals surface area contributed by atoms with Crippen LogP contribution in [0.3, 0.4) is 0 Å². The third-order valence-electron chi connectivity index (χ3n) is 2.85. The van der Waals surface area contributed by atoms with Crippen molar-refractivity contribution in [2.45, 2.75) is 38.5 Å². The van der Waals surface area contributed by atoms with E-state index in [9.17, 15) is 22.8 Å². The van der Waals surface area contributed by atoms with Crippen molar-refractivity contribution >= 4 is 22.0 Å². The maximum Gasteiger partial charge on any atom is 0.422 e. The highest BCUT2D eigenvalue weighted by atomic mass is 32.2. The van der Waals surface area contributed by atoms with Gasteiger partial charge in [0, 0.05) is 12.8 Å². The van der Waals surface area contributed by atoms with Gasteiger partial charge >= 0.3 is 17.3 Å². The van der Waals surface area contributed by atoms with Crippen LogP contribution < -0.4 is 0 Å². The van der Waals surface area contributed by atoms with E-state index in [1.54, 1.807) is 6.92 Å². The second kappa shape index (κ2) is 6.45. The summed E-state index contributed by atoms with van der Waals surface area (Å²) in [4.78, 5) is 22.7. The van der Waals surface area contributed by atoms with Crippen molar-refractivity contribution < 1.29 is 27.5 Å². The number of ether oxygens (including phenoxy) is 1. The Balaban J connectivity index is 2.43. The minimum absolute atomic E-state index is 0.185. The molecule has 19 heavy (non-hydrogen) atoms. The molecule has 1 fully saturated rings. The number of halogens is 3. The number of carbonyl (C=O) groups is 2. The molecule has 3 nitrogen and oxygen atoms in total. The van der Waals surface area contributed by atoms with Crippen molar-refractivity contribution in [1.29, 1.82) is 0 Å². The predicted octanol–water partition coefficient (Wildman–Crippen LogP) is 2.37. The van der Waals surface area contributed by atoms with Gasteiger partial charge in [0.2, 0.25) is 0 Å². The minimum atomic E-state index is -4.76. The topological polar surface area (TPSA) is 43.4 Å². The summed E-state index contributed by atoms with van der Waals surface area (Å²) >= 11 is 0. The summed E-state index contributed by atoms with van der Waals surface area (Å²) in [5.41, 5.74) is -1.48. The molecule has 0 unspecified atom stereocenters. The summed E-state index contributed by atoms with van der Waals surface area (Å²) < 4.78 is 41.4. The monoisotopic (exact) mass is 297 g/mol. The van der Waals surface area contributed by atoms with E-state index < -0.39 is 23.8 Å². The lowest BCUT2D eigenvalue weighted by Gasteiger charge is -2.22. The van der Waals surface area contributed by atoms with Crippen molar-refractivity contribution in [3.8, 4) is 0 Å². The third kappa shape index (κ3) is 4.56. The van der Waals surface area contributed by atoms with Crippen LogP contribution in [-0.4, -0.2) is 34.9 Å². The molecular weight excluding hydrogens is 281 g/mol. The summed E-state index contributed by atoms with van der Waals surface area (Å²) in [7, 11) is -0.328. The Bertz CT molecular complexity index is 371. The standard InChI is InChI=1S/C12H16F3O3S/c1-3-10(16)19-6-4-9(5-7-19)18-11(17)8(2)12(13,14)15/h9H,2-7H2,1H3/q+1. The summed E-state index contributed by atoms with van der Waals surface area (Å²) in [5, 5.41) is 0.185. The first-order chi connectivity index (χ1) is 8.75. The Kier molecular flexibility index (Phi) is 5.46. The Morgan fingerprint density at radius 2 is 1.84 bits per heavy atom. The molecule has 108 valence electrons. The number of hydrogen-bond donors (Lipinski definition) is 0. The van der Waals surface area contributed by atoms with Crippen LogP contribution in [0.15, 0.2) is 12.2 Å². The molecule has 0 amide bonds. The normalized spacial score (nSPS) is 23.8. The van der Waals surface area contributed by atoms with Crippen molar-refractivity contribution in [1.82, 2.24) is 0 Å². The number of carbonyl (C=O) groups excluding carboxylic acids is 2. The van der Waals surface area contributed by atoms with E-state index in [0.29, 0.717) is 30.8 Å². The molecular formula is C12H16F3O3S+. The van der Waals surface area contributed by atoms with Crippen LogP contribution >= 0.6 is 0 Å². The van der Waals surface area contributed by atoms with E-state index in [2.05, 4.69) is 6.58 Å². The molecule has 0 radical (unpaired) electrons. The maximum absolute atomic E-state index is 12.2. The molecule has 0 atom stereocenters. The van der Waals surface area contributed by atoms with Gasteiger partial charge in [-0.15, -0.1) is 0 Å². The molecule has 1 heterocycles. The van der Waals surface area contributed by atoms with E-state index in [1.807, 2.05) is 0 Å². The highest BCUT2D eigenvalue weighted by Crippen LogP contribution is 2.27. The third-order valence-corrected chi connectivity index (χ3v) is 5.24. The van der Waals surface area contributed by atoms with Gasteiger partial charge in [-0.3, -0.25) is 0 Å². The molecule has 0 aromatic carbocycles. The van der Waals surface area contributed by atoms with E-state index in [0.717, 1.165) is 0 Å². The van der Waals surface area contributed by atoms with Crippen LogP contribution in [0, 0.1) is 0 Å². The van der Waals surface area contributed by atoms with E-state index >= 15 is 0 Å². The summed E-state index contributed by atoms with van der Waals surface area (Å²) in [5.74, 6) is -0.243. The van der Waals surface area contributed by atoms with Crippen molar-refractivity contribution in [3.63, 3.8) is 0 Å². The van der Waals surface area contributed by atoms with Crippen molar-refractivity contribution in [3.05, 3.63) is 12.2 Å². The lowest BCUT2D eigenvalue weighted by molar-refractivity contribution is -0.155. The van der Waals surface area contributed by atoms with Gasteiger partial charge in [-0.25, -0.2) is 9.59 Å². The average molecular weight is 297 g/mol. The zero-order valence-corrected chi connectivity index (χ0v) is 11.4. The van der Waals surface area contributed by atoms with Gasteiger partial charge in [0.05, 0.1) is 17.3 Å². The van der Waals surface area contributed by atoms with Crippen LogP contribution in [0.25, 0.3) is 0 Å². The van der Waals surface area contributed by atoms with Crippen LogP contribution in [0.2, 0.25) is 0 Å². The number of rotatable bonds is 3. The zero-order valence-electron chi connectivity index (χ0n) is 10.6. The summed E-state index contributed by atoms with van der Waals surface area (Å²) in [6.07, 6.45) is -3.95. The fourth-order valence-corrected chi connectivity index (χ4v) is 3.84. The average Bonchev–Trinajstić information content (AvgIpc) is 2.36. The molecule has 0 N–H and O–H groups in total. The van der Waals surface area contributed by atoms with Gasteiger partial charge in [0.1, 0.15) is 23.2 Å². The first kappa shape index (κ1) is 16.1. The first-order valence-electron chi connectivity index (χ1n) is 5.93. The van der Waals surface area contributed by atoms with E-state index in [4.69, 9.17) is 4.74 Å². The highest BCUT2D eigenvalue weighted by Gasteiger charge is 2.40. The molecule has 0 bridgehead atoms. The van der Waals surface area contributed by atoms with Crippen LogP contribution in [0.5, 0.6) is 0 Å². The lowest BCUT2D eigenvalue weighted by atomic mass is 10.2. The smallest absolute Gasteiger partial charge is 0.422 e. The fraction of sp³-hybridized carbons (Fsp3) is 0.667. The summed E-state index contributed by atoms with van der Waals surface area (Å²) in [6, 6.07) is 0. The molecule has 0 aromatic rings. The molecule has 1 rings (SSSR count). The number of alkyl halides is 3. The molecule has 1 aliphatic heterocycles. The van der Waals surface area contributed by atoms with Crippen LogP contribution in [-0.2, 0) is 25.2 Å².